The topological polar surface area (TPSA) is 118 Å². The van der Waals surface area contributed by atoms with Crippen molar-refractivity contribution >= 4 is 19.4 Å². The average molecular weight is 622 g/mol. The minimum Gasteiger partial charge on any atom is -0.438 e. The van der Waals surface area contributed by atoms with E-state index in [9.17, 15) is 14.9 Å². The second-order valence-electron chi connectivity index (χ2n) is 13.2. The lowest BCUT2D eigenvalue weighted by Crippen LogP contribution is -2.37. The van der Waals surface area contributed by atoms with Crippen LogP contribution in [0.15, 0.2) is 40.8 Å². The lowest BCUT2D eigenvalue weighted by molar-refractivity contribution is -0.402. The third-order valence-corrected chi connectivity index (χ3v) is 11.2. The van der Waals surface area contributed by atoms with E-state index in [1.807, 2.05) is 0 Å². The molecule has 7 atom stereocenters. The van der Waals surface area contributed by atoms with Gasteiger partial charge in [0.15, 0.2) is 0 Å². The summed E-state index contributed by atoms with van der Waals surface area (Å²) in [6.07, 6.45) is 4.09. The van der Waals surface area contributed by atoms with Gasteiger partial charge in [0.1, 0.15) is 10.7 Å². The van der Waals surface area contributed by atoms with Gasteiger partial charge in [-0.3, -0.25) is 14.7 Å². The van der Waals surface area contributed by atoms with E-state index in [1.165, 1.54) is 18.2 Å². The zero-order valence-corrected chi connectivity index (χ0v) is 26.8. The highest BCUT2D eigenvalue weighted by Gasteiger charge is 2.50. The number of hydrogen-bond acceptors (Lipinski definition) is 8. The quantitative estimate of drug-likeness (QED) is 0.105. The molecule has 11 heteroatoms. The summed E-state index contributed by atoms with van der Waals surface area (Å²) in [5.41, 5.74) is -0.157. The Hall–Kier alpha value is -2.55. The first-order chi connectivity index (χ1) is 20.3. The Morgan fingerprint density at radius 1 is 0.930 bits per heavy atom. The fourth-order valence-corrected chi connectivity index (χ4v) is 8.94. The van der Waals surface area contributed by atoms with Crippen LogP contribution in [0.1, 0.15) is 102 Å². The summed E-state index contributed by atoms with van der Waals surface area (Å²) in [5, 5.41) is 11.2. The zero-order valence-electron chi connectivity index (χ0n) is 25.9. The molecule has 2 aliphatic rings. The smallest absolute Gasteiger partial charge is 0.433 e. The van der Waals surface area contributed by atoms with Crippen LogP contribution in [0, 0.1) is 51.4 Å². The number of benzene rings is 1. The molecule has 2 aromatic rings. The summed E-state index contributed by atoms with van der Waals surface area (Å²) in [5.74, 6) is -3.56. The van der Waals surface area contributed by atoms with Crippen molar-refractivity contribution in [2.24, 2.45) is 35.5 Å². The van der Waals surface area contributed by atoms with E-state index in [1.54, 1.807) is 6.07 Å². The number of halogens is 1. The van der Waals surface area contributed by atoms with Gasteiger partial charge < -0.3 is 18.2 Å². The number of esters is 1. The monoisotopic (exact) mass is 621 g/mol. The van der Waals surface area contributed by atoms with Gasteiger partial charge in [-0.25, -0.2) is 9.18 Å². The van der Waals surface area contributed by atoms with Gasteiger partial charge in [0.05, 0.1) is 18.3 Å². The summed E-state index contributed by atoms with van der Waals surface area (Å²) in [4.78, 5) is 23.8. The molecule has 43 heavy (non-hydrogen) atoms. The van der Waals surface area contributed by atoms with E-state index in [0.29, 0.717) is 24.7 Å². The van der Waals surface area contributed by atoms with E-state index in [0.717, 1.165) is 37.8 Å². The van der Waals surface area contributed by atoms with Gasteiger partial charge in [0, 0.05) is 5.56 Å². The van der Waals surface area contributed by atoms with Crippen LogP contribution < -0.4 is 0 Å². The standard InChI is InChI=1S/C32H45FNO8P/c1-19(2)23-13-11-21(5)17-28(23)41-43(38,42-29-18-22(6)12-14-24(29)20(3)4)32(25-9-7-8-10-26(25)33)40-31(35)27-15-16-30(39-27)34(36)37/h7-10,15-16,19-24,28-29,32H,11-14,17-18H2,1-6H3. The minimum absolute atomic E-state index is 0.0731. The Morgan fingerprint density at radius 3 is 1.93 bits per heavy atom. The molecule has 1 aromatic carbocycles. The van der Waals surface area contributed by atoms with Crippen molar-refractivity contribution in [3.8, 4) is 0 Å². The van der Waals surface area contributed by atoms with Crippen molar-refractivity contribution in [1.82, 2.24) is 0 Å². The lowest BCUT2D eigenvalue weighted by Gasteiger charge is -2.43. The Kier molecular flexibility index (Phi) is 10.9. The first-order valence-corrected chi connectivity index (χ1v) is 17.1. The Labute approximate surface area is 253 Å². The maximum absolute atomic E-state index is 15.5. The Bertz CT molecular complexity index is 1270. The fourth-order valence-electron chi connectivity index (χ4n) is 6.65. The second-order valence-corrected chi connectivity index (χ2v) is 15.1. The van der Waals surface area contributed by atoms with Crippen molar-refractivity contribution in [2.75, 3.05) is 0 Å². The predicted octanol–water partition coefficient (Wildman–Crippen LogP) is 9.33. The van der Waals surface area contributed by atoms with Crippen molar-refractivity contribution < 1.29 is 36.9 Å². The molecule has 238 valence electrons. The number of rotatable bonds is 11. The van der Waals surface area contributed by atoms with Crippen LogP contribution in [0.25, 0.3) is 0 Å². The molecule has 9 nitrogen and oxygen atoms in total. The van der Waals surface area contributed by atoms with Gasteiger partial charge >= 0.3 is 19.4 Å². The highest BCUT2D eigenvalue weighted by atomic mass is 31.2. The van der Waals surface area contributed by atoms with Gasteiger partial charge in [0.2, 0.25) is 11.6 Å². The summed E-state index contributed by atoms with van der Waals surface area (Å²) in [6, 6.07) is 7.74. The number of carbonyl (C=O) groups is 1. The van der Waals surface area contributed by atoms with Crippen LogP contribution in [-0.4, -0.2) is 23.1 Å². The molecular weight excluding hydrogens is 576 g/mol. The molecular formula is C32H45FNO8P. The third kappa shape index (κ3) is 7.95. The molecule has 0 saturated heterocycles. The van der Waals surface area contributed by atoms with E-state index >= 15 is 8.96 Å². The summed E-state index contributed by atoms with van der Waals surface area (Å²) < 4.78 is 54.9. The molecule has 1 heterocycles. The molecule has 4 rings (SSSR count). The van der Waals surface area contributed by atoms with Gasteiger partial charge in [-0.15, -0.1) is 0 Å². The van der Waals surface area contributed by atoms with E-state index in [4.69, 9.17) is 18.2 Å². The molecule has 0 amide bonds. The van der Waals surface area contributed by atoms with Crippen molar-refractivity contribution in [1.29, 1.82) is 0 Å². The van der Waals surface area contributed by atoms with Crippen LogP contribution in [0.4, 0.5) is 10.3 Å². The minimum atomic E-state index is -4.47. The molecule has 0 radical (unpaired) electrons. The molecule has 7 unspecified atom stereocenters. The van der Waals surface area contributed by atoms with Crippen LogP contribution in [0.3, 0.4) is 0 Å². The summed E-state index contributed by atoms with van der Waals surface area (Å²) in [6.45, 7) is 12.6. The Balaban J connectivity index is 1.81. The molecule has 2 saturated carbocycles. The maximum atomic E-state index is 15.5. The number of nitrogens with zero attached hydrogens (tertiary/aromatic N) is 1. The van der Waals surface area contributed by atoms with Crippen LogP contribution >= 0.6 is 7.60 Å². The second kappa shape index (κ2) is 14.0. The first kappa shape index (κ1) is 33.3. The van der Waals surface area contributed by atoms with Crippen molar-refractivity contribution in [3.63, 3.8) is 0 Å². The molecule has 0 bridgehead atoms. The fraction of sp³-hybridized carbons (Fsp3) is 0.656. The van der Waals surface area contributed by atoms with Crippen LogP contribution in [0.5, 0.6) is 0 Å². The molecule has 0 spiro atoms. The molecule has 1 aromatic heterocycles. The van der Waals surface area contributed by atoms with E-state index in [-0.39, 0.29) is 29.2 Å². The molecule has 2 fully saturated rings. The third-order valence-electron chi connectivity index (χ3n) is 9.14. The zero-order chi connectivity index (χ0) is 31.5. The first-order valence-electron chi connectivity index (χ1n) is 15.4. The number of carbonyl (C=O) groups excluding carboxylic acids is 1. The van der Waals surface area contributed by atoms with Crippen molar-refractivity contribution in [2.45, 2.75) is 98.1 Å². The lowest BCUT2D eigenvalue weighted by atomic mass is 9.75. The van der Waals surface area contributed by atoms with Gasteiger partial charge in [0.25, 0.3) is 0 Å². The van der Waals surface area contributed by atoms with Crippen LogP contribution in [0.2, 0.25) is 0 Å². The predicted molar refractivity (Wildman–Crippen MR) is 160 cm³/mol. The highest BCUT2D eigenvalue weighted by Crippen LogP contribution is 2.66. The molecule has 2 aliphatic carbocycles. The summed E-state index contributed by atoms with van der Waals surface area (Å²) >= 11 is 0. The molecule has 0 aliphatic heterocycles. The largest absolute Gasteiger partial charge is 0.438 e. The van der Waals surface area contributed by atoms with Gasteiger partial charge in [-0.05, 0) is 73.3 Å². The Morgan fingerprint density at radius 2 is 1.47 bits per heavy atom. The molecule has 0 N–H and O–H groups in total. The van der Waals surface area contributed by atoms with E-state index < -0.39 is 54.0 Å². The van der Waals surface area contributed by atoms with Gasteiger partial charge in [-0.1, -0.05) is 72.6 Å². The van der Waals surface area contributed by atoms with E-state index in [2.05, 4.69) is 41.5 Å². The van der Waals surface area contributed by atoms with Crippen LogP contribution in [-0.2, 0) is 18.3 Å². The number of hydrogen-bond donors (Lipinski definition) is 0. The SMILES string of the molecule is CC1CCC(C(C)C)C(OP(=O)(OC2CC(C)CCC2C(C)C)C(OC(=O)c2ccc([N+](=O)[O-])o2)c2ccccc2F)C1. The highest BCUT2D eigenvalue weighted by molar-refractivity contribution is 7.54. The maximum Gasteiger partial charge on any atom is 0.433 e. The number of furan rings is 1. The number of nitro groups is 1. The number of ether oxygens (including phenoxy) is 1. The van der Waals surface area contributed by atoms with Crippen molar-refractivity contribution in [3.05, 3.63) is 63.7 Å². The normalized spacial score (nSPS) is 28.4. The average Bonchev–Trinajstić information content (AvgIpc) is 3.43. The summed E-state index contributed by atoms with van der Waals surface area (Å²) in [7, 11) is -4.47. The van der Waals surface area contributed by atoms with Gasteiger partial charge in [-0.2, -0.15) is 0 Å².